The van der Waals surface area contributed by atoms with Gasteiger partial charge in [0.2, 0.25) is 0 Å². The Morgan fingerprint density at radius 1 is 1.55 bits per heavy atom. The van der Waals surface area contributed by atoms with Crippen molar-refractivity contribution in [2.24, 2.45) is 0 Å². The van der Waals surface area contributed by atoms with Crippen LogP contribution in [0, 0.1) is 0 Å². The van der Waals surface area contributed by atoms with E-state index in [1.807, 2.05) is 0 Å². The molecule has 0 radical (unpaired) electrons. The molecular weight excluding hydrogens is 318 g/mol. The number of thioether (sulfide) groups is 1. The molecule has 1 aromatic heterocycles. The fourth-order valence-electron chi connectivity index (χ4n) is 1.77. The van der Waals surface area contributed by atoms with Crippen molar-refractivity contribution in [1.29, 1.82) is 0 Å². The third kappa shape index (κ3) is 3.92. The second kappa shape index (κ2) is 6.35. The first-order chi connectivity index (χ1) is 10.1. The number of nitrogens with two attached hydrogens (primary N) is 1. The second-order valence-corrected chi connectivity index (χ2v) is 12.9. The molecule has 0 aliphatic carbocycles. The van der Waals surface area contributed by atoms with Crippen LogP contribution in [0.3, 0.4) is 0 Å². The Balaban J connectivity index is 1.95. The third-order valence-electron chi connectivity index (χ3n) is 4.25. The van der Waals surface area contributed by atoms with Crippen LogP contribution in [0.2, 0.25) is 18.1 Å². The van der Waals surface area contributed by atoms with E-state index in [9.17, 15) is 4.79 Å². The van der Waals surface area contributed by atoms with Crippen LogP contribution in [0.1, 0.15) is 26.3 Å². The summed E-state index contributed by atoms with van der Waals surface area (Å²) >= 11 is 1.58. The van der Waals surface area contributed by atoms with Crippen LogP contribution in [-0.4, -0.2) is 36.3 Å². The highest BCUT2D eigenvalue weighted by Crippen LogP contribution is 2.38. The molecule has 22 heavy (non-hydrogen) atoms. The molecule has 0 bridgehead atoms. The van der Waals surface area contributed by atoms with Gasteiger partial charge in [-0.1, -0.05) is 20.8 Å². The predicted molar refractivity (Wildman–Crippen MR) is 92.4 cm³/mol. The van der Waals surface area contributed by atoms with Crippen LogP contribution >= 0.6 is 11.8 Å². The van der Waals surface area contributed by atoms with Crippen LogP contribution in [-0.2, 0) is 9.16 Å². The van der Waals surface area contributed by atoms with Gasteiger partial charge in [-0.2, -0.15) is 4.98 Å². The summed E-state index contributed by atoms with van der Waals surface area (Å²) in [6.07, 6.45) is 1.62. The molecule has 0 saturated carbocycles. The lowest BCUT2D eigenvalue weighted by Crippen LogP contribution is -2.43. The molecule has 2 atom stereocenters. The van der Waals surface area contributed by atoms with E-state index in [2.05, 4.69) is 38.8 Å². The quantitative estimate of drug-likeness (QED) is 0.846. The Bertz CT molecular complexity index is 585. The van der Waals surface area contributed by atoms with Crippen molar-refractivity contribution in [2.75, 3.05) is 18.1 Å². The Hall–Kier alpha value is -0.833. The van der Waals surface area contributed by atoms with E-state index in [1.165, 1.54) is 4.57 Å². The molecular formula is C14H25N3O3SSi. The lowest BCUT2D eigenvalue weighted by Gasteiger charge is -2.36. The molecule has 2 N–H and O–H groups in total. The monoisotopic (exact) mass is 343 g/mol. The van der Waals surface area contributed by atoms with Crippen molar-refractivity contribution in [1.82, 2.24) is 9.55 Å². The average molecular weight is 344 g/mol. The van der Waals surface area contributed by atoms with Gasteiger partial charge in [0.25, 0.3) is 0 Å². The molecule has 0 aromatic carbocycles. The zero-order valence-corrected chi connectivity index (χ0v) is 15.6. The highest BCUT2D eigenvalue weighted by Gasteiger charge is 2.38. The van der Waals surface area contributed by atoms with Gasteiger partial charge in [0.1, 0.15) is 5.82 Å². The molecule has 1 saturated heterocycles. The number of nitrogens with zero attached hydrogens (tertiary/aromatic N) is 2. The molecule has 2 heterocycles. The van der Waals surface area contributed by atoms with E-state index in [0.717, 1.165) is 5.75 Å². The molecule has 0 unspecified atom stereocenters. The van der Waals surface area contributed by atoms with Gasteiger partial charge < -0.3 is 14.9 Å². The van der Waals surface area contributed by atoms with E-state index in [1.54, 1.807) is 24.0 Å². The van der Waals surface area contributed by atoms with E-state index >= 15 is 0 Å². The van der Waals surface area contributed by atoms with Crippen LogP contribution in [0.15, 0.2) is 17.1 Å². The van der Waals surface area contributed by atoms with Crippen LogP contribution in [0.4, 0.5) is 5.82 Å². The molecule has 8 heteroatoms. The Morgan fingerprint density at radius 2 is 2.23 bits per heavy atom. The highest BCUT2D eigenvalue weighted by atomic mass is 32.2. The summed E-state index contributed by atoms with van der Waals surface area (Å²) in [4.78, 5) is 15.6. The SMILES string of the molecule is CC(C)(C)[Si](C)(C)OC[C@H]1CS[C@H](n2ccc(N)nc2=O)O1. The van der Waals surface area contributed by atoms with Crippen molar-refractivity contribution in [2.45, 2.75) is 50.6 Å². The Morgan fingerprint density at radius 3 is 2.82 bits per heavy atom. The smallest absolute Gasteiger partial charge is 0.352 e. The number of anilines is 1. The number of hydrogen-bond donors (Lipinski definition) is 1. The zero-order chi connectivity index (χ0) is 16.5. The van der Waals surface area contributed by atoms with Crippen LogP contribution < -0.4 is 11.4 Å². The van der Waals surface area contributed by atoms with E-state index in [0.29, 0.717) is 6.61 Å². The fraction of sp³-hybridized carbons (Fsp3) is 0.714. The van der Waals surface area contributed by atoms with Crippen LogP contribution in [0.25, 0.3) is 0 Å². The van der Waals surface area contributed by atoms with Crippen molar-refractivity contribution < 1.29 is 9.16 Å². The maximum absolute atomic E-state index is 11.8. The van der Waals surface area contributed by atoms with E-state index in [4.69, 9.17) is 14.9 Å². The average Bonchev–Trinajstić information content (AvgIpc) is 2.83. The number of rotatable bonds is 4. The maximum atomic E-state index is 11.8. The van der Waals surface area contributed by atoms with Gasteiger partial charge in [0.15, 0.2) is 13.9 Å². The Labute approximate surface area is 136 Å². The summed E-state index contributed by atoms with van der Waals surface area (Å²) in [5, 5.41) is 0.177. The topological polar surface area (TPSA) is 79.4 Å². The largest absolute Gasteiger partial charge is 0.414 e. The first-order valence-electron chi connectivity index (χ1n) is 7.36. The van der Waals surface area contributed by atoms with E-state index in [-0.39, 0.29) is 28.2 Å². The molecule has 124 valence electrons. The molecule has 1 aliphatic heterocycles. The molecule has 1 fully saturated rings. The molecule has 1 aromatic rings. The van der Waals surface area contributed by atoms with Gasteiger partial charge in [-0.05, 0) is 24.2 Å². The summed E-state index contributed by atoms with van der Waals surface area (Å²) in [5.74, 6) is 1.03. The predicted octanol–water partition coefficient (Wildman–Crippen LogP) is 2.44. The van der Waals surface area contributed by atoms with Crippen LogP contribution in [0.5, 0.6) is 0 Å². The molecule has 0 spiro atoms. The Kier molecular flexibility index (Phi) is 5.05. The van der Waals surface area contributed by atoms with Gasteiger partial charge in [0.05, 0.1) is 12.7 Å². The summed E-state index contributed by atoms with van der Waals surface area (Å²) < 4.78 is 13.6. The summed E-state index contributed by atoms with van der Waals surface area (Å²) in [6.45, 7) is 11.7. The van der Waals surface area contributed by atoms with Gasteiger partial charge in [-0.3, -0.25) is 4.57 Å². The van der Waals surface area contributed by atoms with Gasteiger partial charge in [0, 0.05) is 11.9 Å². The van der Waals surface area contributed by atoms with Crippen molar-refractivity contribution >= 4 is 25.9 Å². The number of ether oxygens (including phenoxy) is 1. The zero-order valence-electron chi connectivity index (χ0n) is 13.8. The van der Waals surface area contributed by atoms with Gasteiger partial charge in [-0.15, -0.1) is 11.8 Å². The van der Waals surface area contributed by atoms with E-state index < -0.39 is 8.32 Å². The first kappa shape index (κ1) is 17.5. The number of aromatic nitrogens is 2. The number of nitrogen functional groups attached to an aromatic ring is 1. The molecule has 6 nitrogen and oxygen atoms in total. The minimum absolute atomic E-state index is 0.00595. The van der Waals surface area contributed by atoms with Crippen molar-refractivity contribution in [3.8, 4) is 0 Å². The summed E-state index contributed by atoms with van der Waals surface area (Å²) in [7, 11) is -1.78. The lowest BCUT2D eigenvalue weighted by molar-refractivity contribution is -0.000260. The fourth-order valence-corrected chi connectivity index (χ4v) is 3.92. The van der Waals surface area contributed by atoms with Crippen molar-refractivity contribution in [3.05, 3.63) is 22.7 Å². The third-order valence-corrected chi connectivity index (χ3v) is 9.94. The minimum atomic E-state index is -1.78. The summed E-state index contributed by atoms with van der Waals surface area (Å²) in [6, 6.07) is 1.60. The maximum Gasteiger partial charge on any atom is 0.352 e. The lowest BCUT2D eigenvalue weighted by atomic mass is 10.2. The summed E-state index contributed by atoms with van der Waals surface area (Å²) in [5.41, 5.74) is 4.76. The van der Waals surface area contributed by atoms with Crippen molar-refractivity contribution in [3.63, 3.8) is 0 Å². The molecule has 2 rings (SSSR count). The second-order valence-electron chi connectivity index (χ2n) is 7.01. The normalized spacial score (nSPS) is 23.0. The minimum Gasteiger partial charge on any atom is -0.414 e. The standard InChI is InChI=1S/C14H25N3O3SSi/c1-14(2,3)22(4,5)19-8-10-9-21-13(20-10)17-7-6-11(15)16-12(17)18/h6-7,10,13H,8-9H2,1-5H3,(H2,15,16,18)/t10-,13+/m0/s1. The molecule has 0 amide bonds. The highest BCUT2D eigenvalue weighted by molar-refractivity contribution is 7.99. The van der Waals surface area contributed by atoms with Gasteiger partial charge >= 0.3 is 5.69 Å². The molecule has 1 aliphatic rings. The van der Waals surface area contributed by atoms with Gasteiger partial charge in [-0.25, -0.2) is 4.79 Å². The number of hydrogen-bond acceptors (Lipinski definition) is 6. The first-order valence-corrected chi connectivity index (χ1v) is 11.3.